The molecule has 0 saturated heterocycles. The lowest BCUT2D eigenvalue weighted by Gasteiger charge is -2.18. The highest BCUT2D eigenvalue weighted by atomic mass is 35.5. The zero-order chi connectivity index (χ0) is 32.5. The summed E-state index contributed by atoms with van der Waals surface area (Å²) in [6.07, 6.45) is 1.47. The highest BCUT2D eigenvalue weighted by Gasteiger charge is 2.23. The third-order valence-corrected chi connectivity index (χ3v) is 8.25. The molecule has 0 saturated carbocycles. The molecule has 0 aliphatic rings. The first-order chi connectivity index (χ1) is 22.2. The lowest BCUT2D eigenvalue weighted by molar-refractivity contribution is -0.116. The molecule has 10 heteroatoms. The van der Waals surface area contributed by atoms with Gasteiger partial charge in [-0.15, -0.1) is 11.8 Å². The van der Waals surface area contributed by atoms with Crippen LogP contribution in [-0.4, -0.2) is 17.7 Å². The van der Waals surface area contributed by atoms with Crippen LogP contribution in [0.4, 0.5) is 15.8 Å². The molecule has 5 aromatic rings. The summed E-state index contributed by atoms with van der Waals surface area (Å²) in [5.41, 5.74) is 2.60. The highest BCUT2D eigenvalue weighted by molar-refractivity contribution is 8.00. The fourth-order valence-electron chi connectivity index (χ4n) is 4.35. The van der Waals surface area contributed by atoms with Gasteiger partial charge in [-0.25, -0.2) is 4.39 Å². The molecule has 0 spiro atoms. The van der Waals surface area contributed by atoms with E-state index >= 15 is 0 Å². The van der Waals surface area contributed by atoms with E-state index in [0.717, 1.165) is 10.5 Å². The van der Waals surface area contributed by atoms with E-state index in [1.165, 1.54) is 42.1 Å². The molecule has 0 bridgehead atoms. The summed E-state index contributed by atoms with van der Waals surface area (Å²) < 4.78 is 13.5. The number of halogens is 3. The van der Waals surface area contributed by atoms with Gasteiger partial charge in [-0.2, -0.15) is 0 Å². The molecule has 230 valence electrons. The Labute approximate surface area is 279 Å². The summed E-state index contributed by atoms with van der Waals surface area (Å²) in [6.45, 7) is 0. The van der Waals surface area contributed by atoms with E-state index < -0.39 is 22.9 Å². The maximum Gasteiger partial charge on any atom is 0.272 e. The second kappa shape index (κ2) is 15.4. The smallest absolute Gasteiger partial charge is 0.272 e. The van der Waals surface area contributed by atoms with Gasteiger partial charge >= 0.3 is 0 Å². The molecule has 46 heavy (non-hydrogen) atoms. The highest BCUT2D eigenvalue weighted by Crippen LogP contribution is 2.37. The Morgan fingerprint density at radius 3 is 1.93 bits per heavy atom. The number of amides is 3. The average Bonchev–Trinajstić information content (AvgIpc) is 3.05. The van der Waals surface area contributed by atoms with Crippen molar-refractivity contribution in [1.29, 1.82) is 0 Å². The van der Waals surface area contributed by atoms with Crippen molar-refractivity contribution in [3.05, 3.63) is 166 Å². The Morgan fingerprint density at radius 1 is 0.696 bits per heavy atom. The number of rotatable bonds is 10. The molecule has 1 atom stereocenters. The molecule has 5 aromatic carbocycles. The van der Waals surface area contributed by atoms with E-state index in [2.05, 4.69) is 16.0 Å². The zero-order valence-electron chi connectivity index (χ0n) is 24.0. The summed E-state index contributed by atoms with van der Waals surface area (Å²) in [5, 5.41) is 8.55. The summed E-state index contributed by atoms with van der Waals surface area (Å²) >= 11 is 13.6. The summed E-state index contributed by atoms with van der Waals surface area (Å²) in [4.78, 5) is 40.5. The number of carbonyl (C=O) groups excluding carboxylic acids is 3. The van der Waals surface area contributed by atoms with Crippen molar-refractivity contribution >= 4 is 70.1 Å². The van der Waals surface area contributed by atoms with Gasteiger partial charge in [0.2, 0.25) is 5.91 Å². The first-order valence-corrected chi connectivity index (χ1v) is 15.6. The number of hydrogen-bond donors (Lipinski definition) is 3. The van der Waals surface area contributed by atoms with E-state index in [0.29, 0.717) is 32.5 Å². The van der Waals surface area contributed by atoms with Crippen LogP contribution >= 0.6 is 35.0 Å². The van der Waals surface area contributed by atoms with Gasteiger partial charge < -0.3 is 16.0 Å². The maximum absolute atomic E-state index is 13.5. The van der Waals surface area contributed by atoms with Gasteiger partial charge in [0.15, 0.2) is 0 Å². The van der Waals surface area contributed by atoms with Crippen LogP contribution in [0.3, 0.4) is 0 Å². The van der Waals surface area contributed by atoms with Gasteiger partial charge in [-0.1, -0.05) is 83.9 Å². The van der Waals surface area contributed by atoms with Crippen molar-refractivity contribution in [3.63, 3.8) is 0 Å². The van der Waals surface area contributed by atoms with E-state index in [1.54, 1.807) is 72.8 Å². The molecule has 0 heterocycles. The number of thioether (sulfide) groups is 1. The standard InChI is InChI=1S/C36H26Cl2FN3O3S/c37-26-20-27(38)22-30(21-26)41-36(45)33(24-7-3-1-4-8-24)46-31-17-15-29(16-18-31)40-35(44)32(19-23-11-13-28(39)14-12-23)42-34(43)25-9-5-2-6-10-25/h1-22,33H,(H,40,44)(H,41,45)(H,42,43)/b32-19-. The third kappa shape index (κ3) is 9.08. The van der Waals surface area contributed by atoms with Crippen LogP contribution in [0.15, 0.2) is 138 Å². The van der Waals surface area contributed by atoms with Crippen molar-refractivity contribution in [2.75, 3.05) is 10.6 Å². The number of carbonyl (C=O) groups is 3. The quantitative estimate of drug-likeness (QED) is 0.102. The van der Waals surface area contributed by atoms with Crippen LogP contribution in [0.1, 0.15) is 26.7 Å². The number of hydrogen-bond acceptors (Lipinski definition) is 4. The molecular weight excluding hydrogens is 644 g/mol. The lowest BCUT2D eigenvalue weighted by atomic mass is 10.1. The molecule has 0 aromatic heterocycles. The van der Waals surface area contributed by atoms with Gasteiger partial charge in [-0.05, 0) is 83.9 Å². The number of nitrogens with one attached hydrogen (secondary N) is 3. The molecule has 0 aliphatic carbocycles. The molecule has 3 amide bonds. The summed E-state index contributed by atoms with van der Waals surface area (Å²) in [7, 11) is 0. The van der Waals surface area contributed by atoms with Crippen molar-refractivity contribution in [3.8, 4) is 0 Å². The minimum Gasteiger partial charge on any atom is -0.325 e. The molecule has 1 unspecified atom stereocenters. The maximum atomic E-state index is 13.5. The Morgan fingerprint density at radius 2 is 1.30 bits per heavy atom. The Bertz CT molecular complexity index is 1850. The van der Waals surface area contributed by atoms with Gasteiger partial charge in [-0.3, -0.25) is 14.4 Å². The molecule has 0 fully saturated rings. The fraction of sp³-hybridized carbons (Fsp3) is 0.0278. The molecule has 0 aliphatic heterocycles. The van der Waals surface area contributed by atoms with Gasteiger partial charge in [0, 0.05) is 31.9 Å². The summed E-state index contributed by atoms with van der Waals surface area (Å²) in [5.74, 6) is -1.73. The topological polar surface area (TPSA) is 87.3 Å². The van der Waals surface area contributed by atoms with Crippen molar-refractivity contribution in [2.24, 2.45) is 0 Å². The van der Waals surface area contributed by atoms with Gasteiger partial charge in [0.05, 0.1) is 0 Å². The largest absolute Gasteiger partial charge is 0.325 e. The number of anilines is 2. The number of benzene rings is 5. The third-order valence-electron chi connectivity index (χ3n) is 6.55. The fourth-order valence-corrected chi connectivity index (χ4v) is 5.90. The summed E-state index contributed by atoms with van der Waals surface area (Å²) in [6, 6.07) is 35.2. The Hall–Kier alpha value is -4.89. The first kappa shape index (κ1) is 32.5. The van der Waals surface area contributed by atoms with Gasteiger partial charge in [0.1, 0.15) is 16.8 Å². The van der Waals surface area contributed by atoms with Gasteiger partial charge in [0.25, 0.3) is 11.8 Å². The average molecular weight is 671 g/mol. The predicted molar refractivity (Wildman–Crippen MR) is 183 cm³/mol. The Kier molecular flexibility index (Phi) is 10.9. The first-order valence-electron chi connectivity index (χ1n) is 14.0. The Balaban J connectivity index is 1.33. The SMILES string of the molecule is O=C(Nc1ccc(SC(C(=O)Nc2cc(Cl)cc(Cl)c2)c2ccccc2)cc1)/C(=C/c1ccc(F)cc1)NC(=O)c1ccccc1. The van der Waals surface area contributed by atoms with E-state index in [4.69, 9.17) is 23.2 Å². The molecule has 5 rings (SSSR count). The van der Waals surface area contributed by atoms with Crippen LogP contribution < -0.4 is 16.0 Å². The van der Waals surface area contributed by atoms with Crippen molar-refractivity contribution < 1.29 is 18.8 Å². The van der Waals surface area contributed by atoms with Crippen molar-refractivity contribution in [1.82, 2.24) is 5.32 Å². The van der Waals surface area contributed by atoms with E-state index in [1.807, 2.05) is 30.3 Å². The minimum atomic E-state index is -0.613. The van der Waals surface area contributed by atoms with Crippen molar-refractivity contribution in [2.45, 2.75) is 10.1 Å². The molecular formula is C36H26Cl2FN3O3S. The van der Waals surface area contributed by atoms with E-state index in [-0.39, 0.29) is 11.6 Å². The van der Waals surface area contributed by atoms with Crippen LogP contribution in [0, 0.1) is 5.82 Å². The second-order valence-corrected chi connectivity index (χ2v) is 12.0. The normalized spacial score (nSPS) is 11.8. The van der Waals surface area contributed by atoms with Crippen LogP contribution in [-0.2, 0) is 9.59 Å². The molecule has 3 N–H and O–H groups in total. The monoisotopic (exact) mass is 669 g/mol. The molecule has 0 radical (unpaired) electrons. The van der Waals surface area contributed by atoms with E-state index in [9.17, 15) is 18.8 Å². The minimum absolute atomic E-state index is 0.0270. The van der Waals surface area contributed by atoms with Crippen LogP contribution in [0.25, 0.3) is 6.08 Å². The lowest BCUT2D eigenvalue weighted by Crippen LogP contribution is -2.30. The second-order valence-electron chi connectivity index (χ2n) is 9.96. The predicted octanol–water partition coefficient (Wildman–Crippen LogP) is 9.01. The van der Waals surface area contributed by atoms with Crippen LogP contribution in [0.2, 0.25) is 10.0 Å². The molecule has 6 nitrogen and oxygen atoms in total. The van der Waals surface area contributed by atoms with Crippen LogP contribution in [0.5, 0.6) is 0 Å². The zero-order valence-corrected chi connectivity index (χ0v) is 26.4.